The molecule has 1 aromatic carbocycles. The van der Waals surface area contributed by atoms with E-state index in [-0.39, 0.29) is 18.0 Å². The zero-order valence-electron chi connectivity index (χ0n) is 16.4. The van der Waals surface area contributed by atoms with Gasteiger partial charge in [-0.2, -0.15) is 0 Å². The van der Waals surface area contributed by atoms with Gasteiger partial charge in [-0.05, 0) is 80.5 Å². The Morgan fingerprint density at radius 1 is 0.920 bits per heavy atom. The summed E-state index contributed by atoms with van der Waals surface area (Å²) < 4.78 is 5.85. The Kier molecular flexibility index (Phi) is 5.86. The monoisotopic (exact) mass is 342 g/mol. The first kappa shape index (κ1) is 18.5. The molecule has 138 valence electrons. The summed E-state index contributed by atoms with van der Waals surface area (Å²) >= 11 is 0. The van der Waals surface area contributed by atoms with E-state index in [1.165, 1.54) is 54.4 Å². The largest absolute Gasteiger partial charge is 0.462 e. The van der Waals surface area contributed by atoms with Gasteiger partial charge in [0, 0.05) is 0 Å². The maximum absolute atomic E-state index is 12.6. The van der Waals surface area contributed by atoms with Gasteiger partial charge in [0.05, 0.1) is 5.92 Å². The first-order valence-electron chi connectivity index (χ1n) is 10.2. The highest BCUT2D eigenvalue weighted by molar-refractivity contribution is 5.79. The van der Waals surface area contributed by atoms with Crippen molar-refractivity contribution in [3.8, 4) is 0 Å². The van der Waals surface area contributed by atoms with Gasteiger partial charge in [-0.15, -0.1) is 0 Å². The summed E-state index contributed by atoms with van der Waals surface area (Å²) in [7, 11) is 0. The van der Waals surface area contributed by atoms with Gasteiger partial charge >= 0.3 is 5.97 Å². The molecule has 0 N–H and O–H groups in total. The number of carbonyl (C=O) groups is 1. The molecule has 2 unspecified atom stereocenters. The third-order valence-corrected chi connectivity index (χ3v) is 6.85. The second-order valence-electron chi connectivity index (χ2n) is 8.61. The summed E-state index contributed by atoms with van der Waals surface area (Å²) in [5.41, 5.74) is 5.04. The molecule has 0 aromatic heterocycles. The molecule has 0 radical (unpaired) electrons. The number of ether oxygens (including phenoxy) is 1. The Hall–Kier alpha value is -1.31. The Labute approximate surface area is 153 Å². The zero-order chi connectivity index (χ0) is 18.0. The molecule has 1 aliphatic heterocycles. The molecule has 3 rings (SSSR count). The molecule has 0 bridgehead atoms. The summed E-state index contributed by atoms with van der Waals surface area (Å²) in [6.45, 7) is 8.79. The fourth-order valence-corrected chi connectivity index (χ4v) is 4.66. The van der Waals surface area contributed by atoms with E-state index < -0.39 is 0 Å². The number of benzene rings is 1. The molecule has 1 saturated heterocycles. The SMILES string of the molecule is Cc1ccc(C2CCC(CCC3CCC(C)CC3)OC2=O)c(C)c1C. The van der Waals surface area contributed by atoms with E-state index in [0.29, 0.717) is 0 Å². The van der Waals surface area contributed by atoms with Crippen molar-refractivity contribution in [2.75, 3.05) is 0 Å². The van der Waals surface area contributed by atoms with Crippen LogP contribution in [0.5, 0.6) is 0 Å². The van der Waals surface area contributed by atoms with Crippen molar-refractivity contribution in [1.29, 1.82) is 0 Å². The minimum atomic E-state index is -0.0638. The van der Waals surface area contributed by atoms with E-state index in [4.69, 9.17) is 4.74 Å². The third kappa shape index (κ3) is 4.27. The van der Waals surface area contributed by atoms with Crippen molar-refractivity contribution >= 4 is 5.97 Å². The van der Waals surface area contributed by atoms with Crippen LogP contribution in [0.2, 0.25) is 0 Å². The maximum atomic E-state index is 12.6. The molecule has 2 nitrogen and oxygen atoms in total. The van der Waals surface area contributed by atoms with Crippen LogP contribution in [0, 0.1) is 32.6 Å². The second-order valence-corrected chi connectivity index (χ2v) is 8.61. The van der Waals surface area contributed by atoms with Gasteiger partial charge in [0.15, 0.2) is 0 Å². The highest BCUT2D eigenvalue weighted by Crippen LogP contribution is 2.36. The number of aryl methyl sites for hydroxylation is 1. The lowest BCUT2D eigenvalue weighted by molar-refractivity contribution is -0.156. The number of esters is 1. The first-order valence-corrected chi connectivity index (χ1v) is 10.2. The van der Waals surface area contributed by atoms with Crippen LogP contribution in [-0.4, -0.2) is 12.1 Å². The lowest BCUT2D eigenvalue weighted by Crippen LogP contribution is -2.30. The summed E-state index contributed by atoms with van der Waals surface area (Å²) in [4.78, 5) is 12.6. The Balaban J connectivity index is 1.54. The van der Waals surface area contributed by atoms with E-state index in [1.807, 2.05) is 0 Å². The Morgan fingerprint density at radius 2 is 1.64 bits per heavy atom. The summed E-state index contributed by atoms with van der Waals surface area (Å²) in [5, 5.41) is 0. The maximum Gasteiger partial charge on any atom is 0.313 e. The van der Waals surface area contributed by atoms with Gasteiger partial charge in [-0.3, -0.25) is 4.79 Å². The third-order valence-electron chi connectivity index (χ3n) is 6.85. The Bertz CT molecular complexity index is 611. The van der Waals surface area contributed by atoms with Crippen LogP contribution < -0.4 is 0 Å². The smallest absolute Gasteiger partial charge is 0.313 e. The lowest BCUT2D eigenvalue weighted by atomic mass is 9.79. The molecule has 0 spiro atoms. The van der Waals surface area contributed by atoms with Crippen molar-refractivity contribution < 1.29 is 9.53 Å². The van der Waals surface area contributed by atoms with Gasteiger partial charge in [0.2, 0.25) is 0 Å². The molecule has 1 saturated carbocycles. The van der Waals surface area contributed by atoms with Crippen LogP contribution in [0.3, 0.4) is 0 Å². The molecule has 1 heterocycles. The molecule has 0 amide bonds. The Morgan fingerprint density at radius 3 is 2.32 bits per heavy atom. The van der Waals surface area contributed by atoms with E-state index in [2.05, 4.69) is 39.8 Å². The van der Waals surface area contributed by atoms with Crippen molar-refractivity contribution in [1.82, 2.24) is 0 Å². The van der Waals surface area contributed by atoms with Crippen molar-refractivity contribution in [3.63, 3.8) is 0 Å². The fourth-order valence-electron chi connectivity index (χ4n) is 4.66. The standard InChI is InChI=1S/C23H34O2/c1-15-5-8-19(9-6-15)10-11-20-12-14-22(23(24)25-20)21-13-7-16(2)17(3)18(21)4/h7,13,15,19-20,22H,5-6,8-12,14H2,1-4H3. The van der Waals surface area contributed by atoms with Crippen LogP contribution in [-0.2, 0) is 9.53 Å². The minimum absolute atomic E-state index is 0.000121. The second kappa shape index (κ2) is 7.93. The highest BCUT2D eigenvalue weighted by atomic mass is 16.5. The normalized spacial score (nSPS) is 30.2. The van der Waals surface area contributed by atoms with Gasteiger partial charge < -0.3 is 4.74 Å². The molecular formula is C23H34O2. The minimum Gasteiger partial charge on any atom is -0.462 e. The van der Waals surface area contributed by atoms with Crippen LogP contribution >= 0.6 is 0 Å². The highest BCUT2D eigenvalue weighted by Gasteiger charge is 2.32. The number of hydrogen-bond acceptors (Lipinski definition) is 2. The number of hydrogen-bond donors (Lipinski definition) is 0. The summed E-state index contributed by atoms with van der Waals surface area (Å²) in [6.07, 6.45) is 9.89. The first-order chi connectivity index (χ1) is 12.0. The van der Waals surface area contributed by atoms with Crippen LogP contribution in [0.1, 0.15) is 86.5 Å². The predicted molar refractivity (Wildman–Crippen MR) is 103 cm³/mol. The summed E-state index contributed by atoms with van der Waals surface area (Å²) in [5.74, 6) is 1.70. The molecule has 1 aromatic rings. The van der Waals surface area contributed by atoms with E-state index in [9.17, 15) is 4.79 Å². The average molecular weight is 343 g/mol. The quantitative estimate of drug-likeness (QED) is 0.627. The predicted octanol–water partition coefficient (Wildman–Crippen LogP) is 6.01. The zero-order valence-corrected chi connectivity index (χ0v) is 16.4. The van der Waals surface area contributed by atoms with Crippen molar-refractivity contribution in [2.24, 2.45) is 11.8 Å². The molecule has 25 heavy (non-hydrogen) atoms. The van der Waals surface area contributed by atoms with Crippen molar-refractivity contribution in [2.45, 2.75) is 91.1 Å². The molecule has 1 aliphatic carbocycles. The molecule has 2 aliphatic rings. The average Bonchev–Trinajstić information content (AvgIpc) is 2.60. The van der Waals surface area contributed by atoms with Gasteiger partial charge in [-0.1, -0.05) is 44.7 Å². The van der Waals surface area contributed by atoms with Gasteiger partial charge in [0.1, 0.15) is 6.10 Å². The van der Waals surface area contributed by atoms with E-state index >= 15 is 0 Å². The van der Waals surface area contributed by atoms with Crippen molar-refractivity contribution in [3.05, 3.63) is 34.4 Å². The number of rotatable bonds is 4. The fraction of sp³-hybridized carbons (Fsp3) is 0.696. The van der Waals surface area contributed by atoms with Gasteiger partial charge in [-0.25, -0.2) is 0 Å². The molecule has 2 atom stereocenters. The van der Waals surface area contributed by atoms with E-state index in [1.54, 1.807) is 0 Å². The topological polar surface area (TPSA) is 26.3 Å². The van der Waals surface area contributed by atoms with Crippen LogP contribution in [0.25, 0.3) is 0 Å². The van der Waals surface area contributed by atoms with Crippen LogP contribution in [0.4, 0.5) is 0 Å². The van der Waals surface area contributed by atoms with Crippen LogP contribution in [0.15, 0.2) is 12.1 Å². The summed E-state index contributed by atoms with van der Waals surface area (Å²) in [6, 6.07) is 4.27. The lowest BCUT2D eigenvalue weighted by Gasteiger charge is -2.31. The number of cyclic esters (lactones) is 1. The number of carbonyl (C=O) groups excluding carboxylic acids is 1. The van der Waals surface area contributed by atoms with Gasteiger partial charge in [0.25, 0.3) is 0 Å². The molecule has 2 heteroatoms. The van der Waals surface area contributed by atoms with E-state index in [0.717, 1.165) is 31.1 Å². The molecule has 2 fully saturated rings. The molecular weight excluding hydrogens is 308 g/mol.